The number of halogens is 2. The second-order valence-electron chi connectivity index (χ2n) is 3.90. The molecular formula is C14H15F2NO. The molecule has 2 N–H and O–H groups in total. The summed E-state index contributed by atoms with van der Waals surface area (Å²) < 4.78 is 26.3. The highest BCUT2D eigenvalue weighted by Gasteiger charge is 2.10. The van der Waals surface area contributed by atoms with Gasteiger partial charge in [0.1, 0.15) is 11.6 Å². The monoisotopic (exact) mass is 251 g/mol. The number of primary amides is 1. The quantitative estimate of drug-likeness (QED) is 0.820. The molecule has 0 fully saturated rings. The number of allylic oxidation sites excluding steroid dienone is 4. The van der Waals surface area contributed by atoms with Crippen LogP contribution in [0.5, 0.6) is 0 Å². The van der Waals surface area contributed by atoms with Crippen LogP contribution in [0, 0.1) is 12.7 Å². The molecule has 1 aromatic carbocycles. The first-order chi connectivity index (χ1) is 8.45. The molecule has 0 atom stereocenters. The molecule has 0 unspecified atom stereocenters. The summed E-state index contributed by atoms with van der Waals surface area (Å²) in [6.45, 7) is 3.34. The lowest BCUT2D eigenvalue weighted by Gasteiger charge is -2.06. The van der Waals surface area contributed by atoms with E-state index in [0.717, 1.165) is 5.56 Å². The molecular weight excluding hydrogens is 236 g/mol. The average molecular weight is 251 g/mol. The summed E-state index contributed by atoms with van der Waals surface area (Å²) in [6, 6.07) is 2.67. The Morgan fingerprint density at radius 1 is 1.44 bits per heavy atom. The summed E-state index contributed by atoms with van der Waals surface area (Å²) in [4.78, 5) is 10.9. The maximum atomic E-state index is 13.5. The standard InChI is InChI=1S/C14H15F2NO/c1-3-11(15)6-4-5-10-8-13(16)12(14(17)18)7-9(10)2/h3-4,6-8H,5H2,1-2H3,(H2,17,18). The molecule has 0 radical (unpaired) electrons. The number of benzene rings is 1. The topological polar surface area (TPSA) is 43.1 Å². The molecule has 1 aromatic rings. The van der Waals surface area contributed by atoms with Gasteiger partial charge in [-0.25, -0.2) is 8.78 Å². The minimum atomic E-state index is -0.794. The third kappa shape index (κ3) is 3.52. The molecule has 0 aliphatic heterocycles. The lowest BCUT2D eigenvalue weighted by molar-refractivity contribution is 0.0996. The van der Waals surface area contributed by atoms with Crippen LogP contribution in [-0.4, -0.2) is 5.91 Å². The van der Waals surface area contributed by atoms with Gasteiger partial charge in [-0.1, -0.05) is 12.2 Å². The zero-order chi connectivity index (χ0) is 13.7. The number of hydrogen-bond donors (Lipinski definition) is 1. The lowest BCUT2D eigenvalue weighted by Crippen LogP contribution is -2.14. The van der Waals surface area contributed by atoms with Crippen LogP contribution in [-0.2, 0) is 6.42 Å². The SMILES string of the molecule is CC=C(F)C=CCc1cc(F)c(C(N)=O)cc1C. The van der Waals surface area contributed by atoms with Crippen molar-refractivity contribution in [1.82, 2.24) is 0 Å². The van der Waals surface area contributed by atoms with Crippen LogP contribution in [0.3, 0.4) is 0 Å². The average Bonchev–Trinajstić information content (AvgIpc) is 2.32. The van der Waals surface area contributed by atoms with Crippen molar-refractivity contribution in [3.05, 3.63) is 58.7 Å². The van der Waals surface area contributed by atoms with Crippen LogP contribution in [0.15, 0.2) is 36.2 Å². The summed E-state index contributed by atoms with van der Waals surface area (Å²) in [6.07, 6.45) is 4.64. The Balaban J connectivity index is 2.95. The Bertz CT molecular complexity index is 519. The van der Waals surface area contributed by atoms with E-state index in [9.17, 15) is 13.6 Å². The summed E-state index contributed by atoms with van der Waals surface area (Å²) in [5, 5.41) is 0. The smallest absolute Gasteiger partial charge is 0.251 e. The van der Waals surface area contributed by atoms with Gasteiger partial charge in [-0.05, 0) is 49.6 Å². The van der Waals surface area contributed by atoms with Crippen molar-refractivity contribution in [2.24, 2.45) is 5.73 Å². The number of aryl methyl sites for hydroxylation is 1. The minimum absolute atomic E-state index is 0.125. The van der Waals surface area contributed by atoms with E-state index in [-0.39, 0.29) is 11.4 Å². The van der Waals surface area contributed by atoms with Gasteiger partial charge in [0.05, 0.1) is 5.56 Å². The normalized spacial score (nSPS) is 12.1. The van der Waals surface area contributed by atoms with Gasteiger partial charge in [0.15, 0.2) is 0 Å². The second-order valence-corrected chi connectivity index (χ2v) is 3.90. The second kappa shape index (κ2) is 6.10. The van der Waals surface area contributed by atoms with Crippen LogP contribution in [0.25, 0.3) is 0 Å². The Kier molecular flexibility index (Phi) is 4.77. The number of amides is 1. The zero-order valence-electron chi connectivity index (χ0n) is 10.3. The van der Waals surface area contributed by atoms with E-state index < -0.39 is 11.7 Å². The van der Waals surface area contributed by atoms with Crippen LogP contribution in [0.1, 0.15) is 28.4 Å². The molecule has 0 aliphatic rings. The fourth-order valence-corrected chi connectivity index (χ4v) is 1.53. The Morgan fingerprint density at radius 3 is 2.67 bits per heavy atom. The number of carbonyl (C=O) groups is 1. The van der Waals surface area contributed by atoms with Gasteiger partial charge < -0.3 is 5.73 Å². The first kappa shape index (κ1) is 14.1. The molecule has 0 spiro atoms. The zero-order valence-corrected chi connectivity index (χ0v) is 10.3. The molecule has 0 heterocycles. The Labute approximate surface area is 105 Å². The fourth-order valence-electron chi connectivity index (χ4n) is 1.53. The molecule has 0 aromatic heterocycles. The summed E-state index contributed by atoms with van der Waals surface area (Å²) >= 11 is 0. The first-order valence-electron chi connectivity index (χ1n) is 5.53. The van der Waals surface area contributed by atoms with E-state index in [4.69, 9.17) is 5.73 Å². The number of carbonyl (C=O) groups excluding carboxylic acids is 1. The highest BCUT2D eigenvalue weighted by atomic mass is 19.1. The van der Waals surface area contributed by atoms with Crippen LogP contribution in [0.2, 0.25) is 0 Å². The molecule has 0 bridgehead atoms. The number of rotatable bonds is 4. The van der Waals surface area contributed by atoms with Crippen molar-refractivity contribution < 1.29 is 13.6 Å². The highest BCUT2D eigenvalue weighted by molar-refractivity contribution is 5.93. The van der Waals surface area contributed by atoms with Gasteiger partial charge >= 0.3 is 0 Å². The van der Waals surface area contributed by atoms with Crippen molar-refractivity contribution in [1.29, 1.82) is 0 Å². The molecule has 0 aliphatic carbocycles. The van der Waals surface area contributed by atoms with Gasteiger partial charge in [0.25, 0.3) is 5.91 Å². The Hall–Kier alpha value is -1.97. The summed E-state index contributed by atoms with van der Waals surface area (Å²) in [7, 11) is 0. The van der Waals surface area contributed by atoms with Gasteiger partial charge in [-0.2, -0.15) is 0 Å². The minimum Gasteiger partial charge on any atom is -0.366 e. The van der Waals surface area contributed by atoms with E-state index in [0.29, 0.717) is 12.0 Å². The summed E-state index contributed by atoms with van der Waals surface area (Å²) in [5.41, 5.74) is 6.35. The van der Waals surface area contributed by atoms with Crippen molar-refractivity contribution in [3.63, 3.8) is 0 Å². The highest BCUT2D eigenvalue weighted by Crippen LogP contribution is 2.16. The first-order valence-corrected chi connectivity index (χ1v) is 5.53. The van der Waals surface area contributed by atoms with E-state index in [1.54, 1.807) is 19.9 Å². The van der Waals surface area contributed by atoms with Crippen molar-refractivity contribution in [2.75, 3.05) is 0 Å². The van der Waals surface area contributed by atoms with Gasteiger partial charge in [-0.15, -0.1) is 0 Å². The van der Waals surface area contributed by atoms with Gasteiger partial charge in [-0.3, -0.25) is 4.79 Å². The number of hydrogen-bond acceptors (Lipinski definition) is 1. The molecule has 2 nitrogen and oxygen atoms in total. The summed E-state index contributed by atoms with van der Waals surface area (Å²) in [5.74, 6) is -1.79. The van der Waals surface area contributed by atoms with Gasteiger partial charge in [0, 0.05) is 0 Å². The molecule has 1 amide bonds. The van der Waals surface area contributed by atoms with E-state index in [1.165, 1.54) is 24.3 Å². The third-order valence-electron chi connectivity index (χ3n) is 2.58. The molecule has 0 saturated carbocycles. The van der Waals surface area contributed by atoms with Crippen LogP contribution < -0.4 is 5.73 Å². The van der Waals surface area contributed by atoms with Crippen molar-refractivity contribution >= 4 is 5.91 Å². The largest absolute Gasteiger partial charge is 0.366 e. The fraction of sp³-hybridized carbons (Fsp3) is 0.214. The van der Waals surface area contributed by atoms with Crippen LogP contribution in [0.4, 0.5) is 8.78 Å². The van der Waals surface area contributed by atoms with E-state index in [2.05, 4.69) is 0 Å². The molecule has 0 saturated heterocycles. The molecule has 18 heavy (non-hydrogen) atoms. The van der Waals surface area contributed by atoms with Crippen LogP contribution >= 0.6 is 0 Å². The Morgan fingerprint density at radius 2 is 2.11 bits per heavy atom. The molecule has 96 valence electrons. The lowest BCUT2D eigenvalue weighted by atomic mass is 10.0. The molecule has 4 heteroatoms. The predicted octanol–water partition coefficient (Wildman–Crippen LogP) is 3.21. The van der Waals surface area contributed by atoms with E-state index in [1.807, 2.05) is 0 Å². The van der Waals surface area contributed by atoms with Gasteiger partial charge in [0.2, 0.25) is 0 Å². The van der Waals surface area contributed by atoms with E-state index >= 15 is 0 Å². The predicted molar refractivity (Wildman–Crippen MR) is 67.4 cm³/mol. The maximum absolute atomic E-state index is 13.5. The molecule has 1 rings (SSSR count). The maximum Gasteiger partial charge on any atom is 0.251 e. The number of nitrogens with two attached hydrogens (primary N) is 1. The third-order valence-corrected chi connectivity index (χ3v) is 2.58. The van der Waals surface area contributed by atoms with Crippen molar-refractivity contribution in [3.8, 4) is 0 Å². The van der Waals surface area contributed by atoms with Crippen molar-refractivity contribution in [2.45, 2.75) is 20.3 Å².